The van der Waals surface area contributed by atoms with Crippen LogP contribution in [0.15, 0.2) is 297 Å². The fourth-order valence-corrected chi connectivity index (χ4v) is 14.1. The van der Waals surface area contributed by atoms with Crippen LogP contribution >= 0.6 is 0 Å². The van der Waals surface area contributed by atoms with Crippen LogP contribution in [-0.2, 0) is 10.8 Å². The standard InChI is InChI=1S/C74H49N3/c1-4-24-50(25-5-1)51-26-22-31-54(48-51)75(55-46-47-57-56-32-10-12-34-59(56)74(66(57)49-55)63-38-16-20-43-69(63)77(53-29-8-3-9-30-53)70-44-21-17-39-64(70)74)71-45-23-40-65-72(71)58-33-11-13-35-60(58)73(65)61-36-14-18-41-67(61)76(52-27-6-2-7-28-52)68-42-19-15-37-62(68)73/h1-49H. The number of anilines is 9. The van der Waals surface area contributed by atoms with Crippen molar-refractivity contribution in [1.82, 2.24) is 0 Å². The summed E-state index contributed by atoms with van der Waals surface area (Å²) in [6, 6.07) is 111. The molecular formula is C74H49N3. The van der Waals surface area contributed by atoms with Crippen molar-refractivity contribution in [2.24, 2.45) is 0 Å². The Hall–Kier alpha value is -9.96. The minimum atomic E-state index is -0.632. The maximum atomic E-state index is 2.56. The molecule has 3 nitrogen and oxygen atoms in total. The highest BCUT2D eigenvalue weighted by Gasteiger charge is 2.54. The number of benzene rings is 12. The van der Waals surface area contributed by atoms with Gasteiger partial charge < -0.3 is 14.7 Å². The molecule has 0 fully saturated rings. The second kappa shape index (κ2) is 16.8. The maximum Gasteiger partial charge on any atom is 0.0755 e. The molecule has 3 heteroatoms. The smallest absolute Gasteiger partial charge is 0.0755 e. The minimum Gasteiger partial charge on any atom is -0.310 e. The highest BCUT2D eigenvalue weighted by Crippen LogP contribution is 2.67. The van der Waals surface area contributed by atoms with Crippen LogP contribution in [0.2, 0.25) is 0 Å². The molecule has 2 spiro atoms. The largest absolute Gasteiger partial charge is 0.310 e. The minimum absolute atomic E-state index is 0.623. The van der Waals surface area contributed by atoms with Gasteiger partial charge in [-0.2, -0.15) is 0 Å². The quantitative estimate of drug-likeness (QED) is 0.164. The second-order valence-corrected chi connectivity index (χ2v) is 20.7. The van der Waals surface area contributed by atoms with E-state index in [-0.39, 0.29) is 0 Å². The van der Waals surface area contributed by atoms with Gasteiger partial charge in [0.2, 0.25) is 0 Å². The van der Waals surface area contributed by atoms with Crippen molar-refractivity contribution in [1.29, 1.82) is 0 Å². The second-order valence-electron chi connectivity index (χ2n) is 20.7. The Morgan fingerprint density at radius 1 is 0.247 bits per heavy atom. The van der Waals surface area contributed by atoms with Crippen LogP contribution in [0.25, 0.3) is 33.4 Å². The molecule has 0 amide bonds. The predicted molar refractivity (Wildman–Crippen MR) is 318 cm³/mol. The number of rotatable bonds is 6. The Labute approximate surface area is 449 Å². The third kappa shape index (κ3) is 5.97. The first-order chi connectivity index (χ1) is 38.2. The zero-order valence-corrected chi connectivity index (χ0v) is 42.1. The Morgan fingerprint density at radius 3 is 1.19 bits per heavy atom. The van der Waals surface area contributed by atoms with Gasteiger partial charge in [-0.05, 0) is 151 Å². The van der Waals surface area contributed by atoms with Gasteiger partial charge >= 0.3 is 0 Å². The molecule has 0 saturated carbocycles. The summed E-state index contributed by atoms with van der Waals surface area (Å²) in [6.45, 7) is 0. The molecule has 0 N–H and O–H groups in total. The van der Waals surface area contributed by atoms with Crippen molar-refractivity contribution in [2.75, 3.05) is 14.7 Å². The SMILES string of the molecule is c1ccc(-c2cccc(N(c3ccc4c(c3)C3(c5ccccc5-4)c4ccccc4N(c4ccccc4)c4ccccc43)c3cccc4c3-c3ccccc3C43c4ccccc4N(c4ccccc4)c4ccccc43)c2)cc1. The Bertz CT molecular complexity index is 4220. The zero-order valence-electron chi connectivity index (χ0n) is 42.1. The zero-order chi connectivity index (χ0) is 50.7. The summed E-state index contributed by atoms with van der Waals surface area (Å²) in [7, 11) is 0. The van der Waals surface area contributed by atoms with E-state index in [0.717, 1.165) is 34.0 Å². The lowest BCUT2D eigenvalue weighted by atomic mass is 9.64. The van der Waals surface area contributed by atoms with Crippen molar-refractivity contribution in [3.63, 3.8) is 0 Å². The van der Waals surface area contributed by atoms with E-state index in [2.05, 4.69) is 312 Å². The van der Waals surface area contributed by atoms with Gasteiger partial charge in [-0.15, -0.1) is 0 Å². The molecule has 2 aliphatic carbocycles. The third-order valence-electron chi connectivity index (χ3n) is 17.0. The molecule has 0 aromatic heterocycles. The summed E-state index contributed by atoms with van der Waals surface area (Å²) < 4.78 is 0. The highest BCUT2D eigenvalue weighted by atomic mass is 15.2. The fraction of sp³-hybridized carbons (Fsp3) is 0.0270. The molecule has 360 valence electrons. The topological polar surface area (TPSA) is 9.72 Å². The van der Waals surface area contributed by atoms with E-state index in [1.165, 1.54) is 95.1 Å². The molecule has 2 heterocycles. The Morgan fingerprint density at radius 2 is 0.636 bits per heavy atom. The molecule has 16 rings (SSSR count). The molecule has 0 saturated heterocycles. The molecule has 0 bridgehead atoms. The van der Waals surface area contributed by atoms with Gasteiger partial charge in [-0.1, -0.05) is 218 Å². The number of fused-ring (bicyclic) bond motifs is 18. The van der Waals surface area contributed by atoms with Crippen LogP contribution in [0, 0.1) is 0 Å². The van der Waals surface area contributed by atoms with Crippen LogP contribution in [0.5, 0.6) is 0 Å². The summed E-state index contributed by atoms with van der Waals surface area (Å²) in [5.74, 6) is 0. The van der Waals surface area contributed by atoms with E-state index >= 15 is 0 Å². The molecule has 77 heavy (non-hydrogen) atoms. The number of para-hydroxylation sites is 6. The molecule has 0 atom stereocenters. The lowest BCUT2D eigenvalue weighted by Gasteiger charge is -2.45. The van der Waals surface area contributed by atoms with E-state index in [4.69, 9.17) is 0 Å². The summed E-state index contributed by atoms with van der Waals surface area (Å²) >= 11 is 0. The van der Waals surface area contributed by atoms with Crippen LogP contribution in [-0.4, -0.2) is 0 Å². The Balaban J connectivity index is 0.984. The molecule has 4 aliphatic rings. The number of hydrogen-bond acceptors (Lipinski definition) is 3. The monoisotopic (exact) mass is 979 g/mol. The summed E-state index contributed by atoms with van der Waals surface area (Å²) in [4.78, 5) is 7.48. The summed E-state index contributed by atoms with van der Waals surface area (Å²) in [5, 5.41) is 0. The first-order valence-corrected chi connectivity index (χ1v) is 26.8. The molecule has 12 aromatic carbocycles. The van der Waals surface area contributed by atoms with E-state index in [0.29, 0.717) is 0 Å². The highest BCUT2D eigenvalue weighted by molar-refractivity contribution is 6.03. The van der Waals surface area contributed by atoms with Crippen LogP contribution in [0.4, 0.5) is 51.2 Å². The van der Waals surface area contributed by atoms with Crippen molar-refractivity contribution < 1.29 is 0 Å². The molecule has 2 aliphatic heterocycles. The molecular weight excluding hydrogens is 931 g/mol. The average molecular weight is 980 g/mol. The Kier molecular flexibility index (Phi) is 9.47. The van der Waals surface area contributed by atoms with Crippen molar-refractivity contribution >= 4 is 51.2 Å². The van der Waals surface area contributed by atoms with Gasteiger partial charge in [0.15, 0.2) is 0 Å². The number of hydrogen-bond donors (Lipinski definition) is 0. The van der Waals surface area contributed by atoms with Crippen molar-refractivity contribution in [3.05, 3.63) is 342 Å². The lowest BCUT2D eigenvalue weighted by molar-refractivity contribution is 0.752. The van der Waals surface area contributed by atoms with E-state index in [1.54, 1.807) is 0 Å². The van der Waals surface area contributed by atoms with Gasteiger partial charge in [0.25, 0.3) is 0 Å². The van der Waals surface area contributed by atoms with E-state index in [9.17, 15) is 0 Å². The van der Waals surface area contributed by atoms with Gasteiger partial charge in [0.05, 0.1) is 39.3 Å². The maximum absolute atomic E-state index is 2.56. The van der Waals surface area contributed by atoms with Crippen molar-refractivity contribution in [3.8, 4) is 33.4 Å². The fourth-order valence-electron chi connectivity index (χ4n) is 14.1. The van der Waals surface area contributed by atoms with Gasteiger partial charge in [0, 0.05) is 28.3 Å². The predicted octanol–water partition coefficient (Wildman–Crippen LogP) is 19.1. The van der Waals surface area contributed by atoms with Crippen molar-refractivity contribution in [2.45, 2.75) is 10.8 Å². The van der Waals surface area contributed by atoms with Crippen LogP contribution < -0.4 is 14.7 Å². The van der Waals surface area contributed by atoms with Gasteiger partial charge in [0.1, 0.15) is 0 Å². The molecule has 0 radical (unpaired) electrons. The third-order valence-corrected chi connectivity index (χ3v) is 17.0. The summed E-state index contributed by atoms with van der Waals surface area (Å²) in [5.41, 5.74) is 26.6. The normalized spacial score (nSPS) is 14.1. The van der Waals surface area contributed by atoms with E-state index < -0.39 is 10.8 Å². The van der Waals surface area contributed by atoms with E-state index in [1.807, 2.05) is 0 Å². The molecule has 0 unspecified atom stereocenters. The molecule has 12 aromatic rings. The first-order valence-electron chi connectivity index (χ1n) is 26.8. The average Bonchev–Trinajstić information content (AvgIpc) is 4.08. The van der Waals surface area contributed by atoms with Gasteiger partial charge in [-0.25, -0.2) is 0 Å². The van der Waals surface area contributed by atoms with Gasteiger partial charge in [-0.3, -0.25) is 0 Å². The summed E-state index contributed by atoms with van der Waals surface area (Å²) in [6.07, 6.45) is 0. The first kappa shape index (κ1) is 43.4. The lowest BCUT2D eigenvalue weighted by Crippen LogP contribution is -2.36. The van der Waals surface area contributed by atoms with Crippen LogP contribution in [0.3, 0.4) is 0 Å². The van der Waals surface area contributed by atoms with Crippen LogP contribution in [0.1, 0.15) is 44.5 Å². The number of nitrogens with zero attached hydrogens (tertiary/aromatic N) is 3.